The van der Waals surface area contributed by atoms with Crippen LogP contribution in [-0.4, -0.2) is 10.1 Å². The molecule has 0 atom stereocenters. The molecule has 0 unspecified atom stereocenters. The lowest BCUT2D eigenvalue weighted by Crippen LogP contribution is -2.00. The lowest BCUT2D eigenvalue weighted by atomic mass is 10.1. The van der Waals surface area contributed by atoms with Gasteiger partial charge < -0.3 is 14.8 Å². The fraction of sp³-hybridized carbons (Fsp3) is 0.167. The number of aromatic hydroxyl groups is 1. The molecule has 0 amide bonds. The van der Waals surface area contributed by atoms with Gasteiger partial charge in [0, 0.05) is 12.6 Å². The molecule has 0 bridgehead atoms. The molecule has 1 heterocycles. The third-order valence-electron chi connectivity index (χ3n) is 3.58. The molecule has 2 aromatic carbocycles. The highest BCUT2D eigenvalue weighted by molar-refractivity contribution is 5.84. The number of rotatable bonds is 3. The summed E-state index contributed by atoms with van der Waals surface area (Å²) in [6.45, 7) is 9.78. The van der Waals surface area contributed by atoms with E-state index in [1.165, 1.54) is 0 Å². The average Bonchev–Trinajstić information content (AvgIpc) is 2.81. The van der Waals surface area contributed by atoms with Gasteiger partial charge >= 0.3 is 0 Å². The standard InChI is InChI=1S/C18H18N2O2/c1-10-7-11(2)18(16(21)8-10)19-12(3)14-5-6-17-15(9-14)20-13(4)22-17/h5-9,19,21H,3H2,1-2,4H3. The SMILES string of the molecule is C=C(Nc1c(C)cc(C)cc1O)c1ccc2oc(C)nc2c1. The van der Waals surface area contributed by atoms with Crippen molar-refractivity contribution >= 4 is 22.5 Å². The fourth-order valence-electron chi connectivity index (χ4n) is 2.56. The maximum atomic E-state index is 10.1. The van der Waals surface area contributed by atoms with Crippen molar-refractivity contribution in [2.45, 2.75) is 20.8 Å². The predicted molar refractivity (Wildman–Crippen MR) is 89.0 cm³/mol. The second-order valence-electron chi connectivity index (χ2n) is 5.49. The Morgan fingerprint density at radius 2 is 1.95 bits per heavy atom. The summed E-state index contributed by atoms with van der Waals surface area (Å²) in [6.07, 6.45) is 0. The normalized spacial score (nSPS) is 10.9. The number of aryl methyl sites for hydroxylation is 3. The maximum absolute atomic E-state index is 10.1. The highest BCUT2D eigenvalue weighted by Gasteiger charge is 2.10. The summed E-state index contributed by atoms with van der Waals surface area (Å²) < 4.78 is 5.47. The van der Waals surface area contributed by atoms with E-state index >= 15 is 0 Å². The summed E-state index contributed by atoms with van der Waals surface area (Å²) >= 11 is 0. The third-order valence-corrected chi connectivity index (χ3v) is 3.58. The summed E-state index contributed by atoms with van der Waals surface area (Å²) in [7, 11) is 0. The smallest absolute Gasteiger partial charge is 0.192 e. The van der Waals surface area contributed by atoms with Crippen LogP contribution in [0.3, 0.4) is 0 Å². The lowest BCUT2D eigenvalue weighted by Gasteiger charge is -2.14. The molecule has 0 saturated heterocycles. The van der Waals surface area contributed by atoms with Crippen molar-refractivity contribution in [3.05, 3.63) is 59.5 Å². The number of nitrogens with one attached hydrogen (secondary N) is 1. The fourth-order valence-corrected chi connectivity index (χ4v) is 2.56. The Hall–Kier alpha value is -2.75. The van der Waals surface area contributed by atoms with Crippen LogP contribution in [0.25, 0.3) is 16.8 Å². The van der Waals surface area contributed by atoms with E-state index in [1.807, 2.05) is 45.0 Å². The number of phenols is 1. The zero-order valence-corrected chi connectivity index (χ0v) is 12.9. The van der Waals surface area contributed by atoms with Crippen LogP contribution < -0.4 is 5.32 Å². The van der Waals surface area contributed by atoms with Gasteiger partial charge in [-0.25, -0.2) is 4.98 Å². The van der Waals surface area contributed by atoms with Gasteiger partial charge in [-0.1, -0.05) is 12.6 Å². The molecular weight excluding hydrogens is 276 g/mol. The Balaban J connectivity index is 1.93. The van der Waals surface area contributed by atoms with Crippen LogP contribution in [-0.2, 0) is 0 Å². The van der Waals surface area contributed by atoms with E-state index in [4.69, 9.17) is 4.42 Å². The van der Waals surface area contributed by atoms with Crippen molar-refractivity contribution in [2.75, 3.05) is 5.32 Å². The molecule has 2 N–H and O–H groups in total. The lowest BCUT2D eigenvalue weighted by molar-refractivity contribution is 0.477. The Labute approximate surface area is 129 Å². The molecule has 3 rings (SSSR count). The minimum absolute atomic E-state index is 0.219. The number of fused-ring (bicyclic) bond motifs is 1. The minimum atomic E-state index is 0.219. The van der Waals surface area contributed by atoms with E-state index in [9.17, 15) is 5.11 Å². The van der Waals surface area contributed by atoms with Crippen molar-refractivity contribution in [3.8, 4) is 5.75 Å². The van der Waals surface area contributed by atoms with Gasteiger partial charge in [-0.2, -0.15) is 0 Å². The molecule has 3 aromatic rings. The number of hydrogen-bond donors (Lipinski definition) is 2. The van der Waals surface area contributed by atoms with Crippen LogP contribution in [0.15, 0.2) is 41.3 Å². The minimum Gasteiger partial charge on any atom is -0.506 e. The van der Waals surface area contributed by atoms with Crippen LogP contribution in [0.1, 0.15) is 22.6 Å². The van der Waals surface area contributed by atoms with Gasteiger partial charge in [0.1, 0.15) is 11.3 Å². The largest absolute Gasteiger partial charge is 0.506 e. The van der Waals surface area contributed by atoms with Crippen LogP contribution in [0.2, 0.25) is 0 Å². The maximum Gasteiger partial charge on any atom is 0.192 e. The van der Waals surface area contributed by atoms with Crippen molar-refractivity contribution in [1.29, 1.82) is 0 Å². The van der Waals surface area contributed by atoms with E-state index in [2.05, 4.69) is 16.9 Å². The zero-order chi connectivity index (χ0) is 15.9. The first-order valence-electron chi connectivity index (χ1n) is 7.08. The third kappa shape index (κ3) is 2.55. The molecule has 112 valence electrons. The van der Waals surface area contributed by atoms with Crippen molar-refractivity contribution in [2.24, 2.45) is 0 Å². The van der Waals surface area contributed by atoms with E-state index in [0.29, 0.717) is 17.3 Å². The predicted octanol–water partition coefficient (Wildman–Crippen LogP) is 4.54. The Morgan fingerprint density at radius 3 is 2.68 bits per heavy atom. The summed E-state index contributed by atoms with van der Waals surface area (Å²) in [5, 5.41) is 13.3. The summed E-state index contributed by atoms with van der Waals surface area (Å²) in [5.74, 6) is 0.856. The van der Waals surface area contributed by atoms with E-state index in [-0.39, 0.29) is 5.75 Å². The van der Waals surface area contributed by atoms with Crippen LogP contribution in [0, 0.1) is 20.8 Å². The molecule has 1 aromatic heterocycles. The molecule has 0 fully saturated rings. The van der Waals surface area contributed by atoms with Gasteiger partial charge in [0.15, 0.2) is 11.5 Å². The van der Waals surface area contributed by atoms with Gasteiger partial charge in [0.2, 0.25) is 0 Å². The molecule has 22 heavy (non-hydrogen) atoms. The van der Waals surface area contributed by atoms with Crippen LogP contribution in [0.5, 0.6) is 5.75 Å². The van der Waals surface area contributed by atoms with Gasteiger partial charge in [0.25, 0.3) is 0 Å². The van der Waals surface area contributed by atoms with Crippen molar-refractivity contribution < 1.29 is 9.52 Å². The molecule has 0 aliphatic carbocycles. The Bertz CT molecular complexity index is 855. The first kappa shape index (κ1) is 14.2. The van der Waals surface area contributed by atoms with Crippen molar-refractivity contribution in [1.82, 2.24) is 4.98 Å². The average molecular weight is 294 g/mol. The molecule has 0 aliphatic rings. The number of anilines is 1. The summed E-state index contributed by atoms with van der Waals surface area (Å²) in [5.41, 5.74) is 5.81. The second kappa shape index (κ2) is 5.22. The quantitative estimate of drug-likeness (QED) is 0.696. The van der Waals surface area contributed by atoms with E-state index in [1.54, 1.807) is 6.07 Å². The molecule has 4 nitrogen and oxygen atoms in total. The van der Waals surface area contributed by atoms with Gasteiger partial charge in [-0.3, -0.25) is 0 Å². The molecule has 4 heteroatoms. The molecule has 0 aliphatic heterocycles. The van der Waals surface area contributed by atoms with Gasteiger partial charge in [0.05, 0.1) is 5.69 Å². The number of benzene rings is 2. The molecule has 0 saturated carbocycles. The van der Waals surface area contributed by atoms with Crippen LogP contribution in [0.4, 0.5) is 5.69 Å². The zero-order valence-electron chi connectivity index (χ0n) is 12.9. The van der Waals surface area contributed by atoms with Gasteiger partial charge in [-0.15, -0.1) is 0 Å². The van der Waals surface area contributed by atoms with E-state index in [0.717, 1.165) is 27.8 Å². The Kier molecular flexibility index (Phi) is 3.37. The second-order valence-corrected chi connectivity index (χ2v) is 5.49. The highest BCUT2D eigenvalue weighted by atomic mass is 16.3. The summed E-state index contributed by atoms with van der Waals surface area (Å²) in [4.78, 5) is 4.33. The monoisotopic (exact) mass is 294 g/mol. The molecule has 0 spiro atoms. The number of nitrogens with zero attached hydrogens (tertiary/aromatic N) is 1. The van der Waals surface area contributed by atoms with E-state index < -0.39 is 0 Å². The highest BCUT2D eigenvalue weighted by Crippen LogP contribution is 2.31. The number of aromatic nitrogens is 1. The number of oxazole rings is 1. The Morgan fingerprint density at radius 1 is 1.18 bits per heavy atom. The topological polar surface area (TPSA) is 58.3 Å². The molecular formula is C18H18N2O2. The molecule has 0 radical (unpaired) electrons. The summed E-state index contributed by atoms with van der Waals surface area (Å²) in [6, 6.07) is 9.45. The number of hydrogen-bond acceptors (Lipinski definition) is 4. The number of phenolic OH excluding ortho intramolecular Hbond substituents is 1. The van der Waals surface area contributed by atoms with Gasteiger partial charge in [-0.05, 0) is 54.8 Å². The first-order chi connectivity index (χ1) is 10.4. The first-order valence-corrected chi connectivity index (χ1v) is 7.08. The van der Waals surface area contributed by atoms with Crippen LogP contribution >= 0.6 is 0 Å². The van der Waals surface area contributed by atoms with Crippen molar-refractivity contribution in [3.63, 3.8) is 0 Å².